The fourth-order valence-electron chi connectivity index (χ4n) is 1.91. The van der Waals surface area contributed by atoms with Crippen LogP contribution in [0.5, 0.6) is 23.0 Å². The minimum atomic E-state index is 0.658. The standard InChI is InChI=1S/C18H12Br2O2/c19-13-7-1-3-9-15(13)21-17-11-5-6-12-18(17)22-16-10-4-2-8-14(16)20/h1-12H. The molecule has 0 bridgehead atoms. The van der Waals surface area contributed by atoms with Gasteiger partial charge in [0.2, 0.25) is 0 Å². The molecule has 0 amide bonds. The van der Waals surface area contributed by atoms with E-state index in [1.54, 1.807) is 0 Å². The van der Waals surface area contributed by atoms with Crippen LogP contribution in [0.1, 0.15) is 0 Å². The smallest absolute Gasteiger partial charge is 0.170 e. The predicted octanol–water partition coefficient (Wildman–Crippen LogP) is 6.80. The highest BCUT2D eigenvalue weighted by molar-refractivity contribution is 9.10. The van der Waals surface area contributed by atoms with Gasteiger partial charge in [0, 0.05) is 0 Å². The molecule has 0 heterocycles. The molecule has 3 rings (SSSR count). The van der Waals surface area contributed by atoms with Crippen molar-refractivity contribution in [1.29, 1.82) is 0 Å². The first-order chi connectivity index (χ1) is 10.7. The van der Waals surface area contributed by atoms with Gasteiger partial charge in [0.25, 0.3) is 0 Å². The fraction of sp³-hybridized carbons (Fsp3) is 0. The topological polar surface area (TPSA) is 18.5 Å². The number of hydrogen-bond acceptors (Lipinski definition) is 2. The van der Waals surface area contributed by atoms with Crippen molar-refractivity contribution in [2.75, 3.05) is 0 Å². The van der Waals surface area contributed by atoms with Gasteiger partial charge in [-0.05, 0) is 68.3 Å². The summed E-state index contributed by atoms with van der Waals surface area (Å²) in [5.41, 5.74) is 0. The van der Waals surface area contributed by atoms with E-state index < -0.39 is 0 Å². The molecule has 110 valence electrons. The molecule has 0 N–H and O–H groups in total. The second-order valence-corrected chi connectivity index (χ2v) is 6.22. The maximum absolute atomic E-state index is 5.97. The van der Waals surface area contributed by atoms with Crippen LogP contribution in [0, 0.1) is 0 Å². The molecule has 0 atom stereocenters. The minimum Gasteiger partial charge on any atom is -0.452 e. The van der Waals surface area contributed by atoms with Gasteiger partial charge in [0.05, 0.1) is 8.95 Å². The molecule has 0 fully saturated rings. The zero-order valence-electron chi connectivity index (χ0n) is 11.5. The van der Waals surface area contributed by atoms with Crippen molar-refractivity contribution in [1.82, 2.24) is 0 Å². The Morgan fingerprint density at radius 2 is 0.773 bits per heavy atom. The lowest BCUT2D eigenvalue weighted by molar-refractivity contribution is 0.416. The van der Waals surface area contributed by atoms with E-state index >= 15 is 0 Å². The average molecular weight is 420 g/mol. The summed E-state index contributed by atoms with van der Waals surface area (Å²) >= 11 is 6.97. The summed E-state index contributed by atoms with van der Waals surface area (Å²) in [4.78, 5) is 0. The number of rotatable bonds is 4. The van der Waals surface area contributed by atoms with Gasteiger partial charge >= 0.3 is 0 Å². The minimum absolute atomic E-state index is 0.658. The van der Waals surface area contributed by atoms with E-state index in [1.807, 2.05) is 72.8 Å². The maximum Gasteiger partial charge on any atom is 0.170 e. The van der Waals surface area contributed by atoms with Crippen LogP contribution in [-0.4, -0.2) is 0 Å². The van der Waals surface area contributed by atoms with Gasteiger partial charge in [0.1, 0.15) is 11.5 Å². The van der Waals surface area contributed by atoms with Crippen molar-refractivity contribution in [3.8, 4) is 23.0 Å². The molecule has 0 aliphatic carbocycles. The molecular formula is C18H12Br2O2. The van der Waals surface area contributed by atoms with Gasteiger partial charge < -0.3 is 9.47 Å². The van der Waals surface area contributed by atoms with Crippen LogP contribution in [0.3, 0.4) is 0 Å². The molecule has 4 heteroatoms. The van der Waals surface area contributed by atoms with Gasteiger partial charge in [-0.15, -0.1) is 0 Å². The quantitative estimate of drug-likeness (QED) is 0.463. The van der Waals surface area contributed by atoms with Gasteiger partial charge in [-0.1, -0.05) is 36.4 Å². The van der Waals surface area contributed by atoms with Crippen LogP contribution in [0.15, 0.2) is 81.7 Å². The number of para-hydroxylation sites is 4. The van der Waals surface area contributed by atoms with Crippen LogP contribution in [0.25, 0.3) is 0 Å². The molecular weight excluding hydrogens is 408 g/mol. The van der Waals surface area contributed by atoms with Gasteiger partial charge in [-0.3, -0.25) is 0 Å². The predicted molar refractivity (Wildman–Crippen MR) is 94.9 cm³/mol. The first-order valence-electron chi connectivity index (χ1n) is 6.68. The van der Waals surface area contributed by atoms with E-state index in [0.717, 1.165) is 20.4 Å². The first-order valence-corrected chi connectivity index (χ1v) is 8.26. The lowest BCUT2D eigenvalue weighted by atomic mass is 10.3. The second-order valence-electron chi connectivity index (χ2n) is 4.51. The first kappa shape index (κ1) is 15.1. The van der Waals surface area contributed by atoms with Crippen molar-refractivity contribution >= 4 is 31.9 Å². The number of ether oxygens (including phenoxy) is 2. The summed E-state index contributed by atoms with van der Waals surface area (Å²) in [7, 11) is 0. The molecule has 0 aliphatic heterocycles. The summed E-state index contributed by atoms with van der Waals surface area (Å²) in [6.07, 6.45) is 0. The Balaban J connectivity index is 1.91. The van der Waals surface area contributed by atoms with Crippen LogP contribution in [-0.2, 0) is 0 Å². The second kappa shape index (κ2) is 6.99. The van der Waals surface area contributed by atoms with E-state index in [4.69, 9.17) is 9.47 Å². The molecule has 0 aromatic heterocycles. The molecule has 2 nitrogen and oxygen atoms in total. The van der Waals surface area contributed by atoms with E-state index in [9.17, 15) is 0 Å². The van der Waals surface area contributed by atoms with Gasteiger partial charge in [0.15, 0.2) is 11.5 Å². The van der Waals surface area contributed by atoms with Gasteiger partial charge in [-0.25, -0.2) is 0 Å². The highest BCUT2D eigenvalue weighted by atomic mass is 79.9. The molecule has 0 unspecified atom stereocenters. The van der Waals surface area contributed by atoms with Crippen molar-refractivity contribution in [3.63, 3.8) is 0 Å². The highest BCUT2D eigenvalue weighted by Crippen LogP contribution is 2.38. The Morgan fingerprint density at radius 1 is 0.455 bits per heavy atom. The highest BCUT2D eigenvalue weighted by Gasteiger charge is 2.10. The summed E-state index contributed by atoms with van der Waals surface area (Å²) in [6, 6.07) is 23.0. The third-order valence-electron chi connectivity index (χ3n) is 2.96. The molecule has 0 saturated carbocycles. The molecule has 0 saturated heterocycles. The SMILES string of the molecule is Brc1ccccc1Oc1ccccc1Oc1ccccc1Br. The molecule has 0 radical (unpaired) electrons. The maximum atomic E-state index is 5.97. The Labute approximate surface area is 146 Å². The fourth-order valence-corrected chi connectivity index (χ4v) is 2.64. The van der Waals surface area contributed by atoms with Crippen molar-refractivity contribution in [2.24, 2.45) is 0 Å². The zero-order valence-corrected chi connectivity index (χ0v) is 14.7. The normalized spacial score (nSPS) is 10.3. The number of hydrogen-bond donors (Lipinski definition) is 0. The number of halogens is 2. The summed E-state index contributed by atoms with van der Waals surface area (Å²) in [5, 5.41) is 0. The Kier molecular flexibility index (Phi) is 4.80. The Hall–Kier alpha value is -1.78. The molecule has 0 spiro atoms. The molecule has 3 aromatic rings. The lowest BCUT2D eigenvalue weighted by Gasteiger charge is -2.13. The van der Waals surface area contributed by atoms with Crippen LogP contribution in [0.4, 0.5) is 0 Å². The average Bonchev–Trinajstić information content (AvgIpc) is 2.53. The largest absolute Gasteiger partial charge is 0.452 e. The van der Waals surface area contributed by atoms with E-state index in [2.05, 4.69) is 31.9 Å². The Morgan fingerprint density at radius 3 is 1.14 bits per heavy atom. The summed E-state index contributed by atoms with van der Waals surface area (Å²) < 4.78 is 13.7. The zero-order chi connectivity index (χ0) is 15.4. The van der Waals surface area contributed by atoms with E-state index in [1.165, 1.54) is 0 Å². The van der Waals surface area contributed by atoms with Crippen molar-refractivity contribution in [3.05, 3.63) is 81.7 Å². The Bertz CT molecular complexity index is 721. The van der Waals surface area contributed by atoms with Crippen LogP contribution in [0.2, 0.25) is 0 Å². The summed E-state index contributed by atoms with van der Waals surface area (Å²) in [5.74, 6) is 2.80. The van der Waals surface area contributed by atoms with E-state index in [0.29, 0.717) is 11.5 Å². The third kappa shape index (κ3) is 3.51. The monoisotopic (exact) mass is 418 g/mol. The van der Waals surface area contributed by atoms with Gasteiger partial charge in [-0.2, -0.15) is 0 Å². The number of benzene rings is 3. The van der Waals surface area contributed by atoms with Crippen LogP contribution >= 0.6 is 31.9 Å². The molecule has 0 aliphatic rings. The molecule has 3 aromatic carbocycles. The van der Waals surface area contributed by atoms with Crippen LogP contribution < -0.4 is 9.47 Å². The lowest BCUT2D eigenvalue weighted by Crippen LogP contribution is -1.91. The van der Waals surface area contributed by atoms with Crippen molar-refractivity contribution < 1.29 is 9.47 Å². The third-order valence-corrected chi connectivity index (χ3v) is 4.27. The van der Waals surface area contributed by atoms with E-state index in [-0.39, 0.29) is 0 Å². The summed E-state index contributed by atoms with van der Waals surface area (Å²) in [6.45, 7) is 0. The van der Waals surface area contributed by atoms with Crippen molar-refractivity contribution in [2.45, 2.75) is 0 Å². The molecule has 22 heavy (non-hydrogen) atoms.